The second-order valence-corrected chi connectivity index (χ2v) is 5.12. The third kappa shape index (κ3) is 7.86. The molecule has 0 atom stereocenters. The van der Waals surface area contributed by atoms with Gasteiger partial charge in [0.25, 0.3) is 0 Å². The van der Waals surface area contributed by atoms with Crippen LogP contribution in [-0.2, 0) is 4.79 Å². The third-order valence-corrected chi connectivity index (χ3v) is 3.63. The fourth-order valence-corrected chi connectivity index (χ4v) is 1.99. The van der Waals surface area contributed by atoms with E-state index >= 15 is 0 Å². The summed E-state index contributed by atoms with van der Waals surface area (Å²) in [5, 5.41) is 0. The molecule has 0 spiro atoms. The first kappa shape index (κ1) is 17.9. The summed E-state index contributed by atoms with van der Waals surface area (Å²) in [6, 6.07) is 0. The molecule has 0 saturated carbocycles. The summed E-state index contributed by atoms with van der Waals surface area (Å²) in [5.41, 5.74) is 2.64. The normalized spacial score (nSPS) is 12.7. The maximum Gasteiger partial charge on any atom is 0.246 e. The van der Waals surface area contributed by atoms with Gasteiger partial charge < -0.3 is 4.90 Å². The van der Waals surface area contributed by atoms with Crippen LogP contribution in [0, 0.1) is 0 Å². The van der Waals surface area contributed by atoms with E-state index in [4.69, 9.17) is 0 Å². The Balaban J connectivity index is 4.31. The van der Waals surface area contributed by atoms with Gasteiger partial charge in [-0.3, -0.25) is 4.79 Å². The van der Waals surface area contributed by atoms with E-state index in [0.717, 1.165) is 19.5 Å². The fourth-order valence-electron chi connectivity index (χ4n) is 1.99. The summed E-state index contributed by atoms with van der Waals surface area (Å²) in [4.78, 5) is 13.7. The molecule has 0 bridgehead atoms. The minimum atomic E-state index is 0.114. The summed E-state index contributed by atoms with van der Waals surface area (Å²) in [5.74, 6) is 0.114. The van der Waals surface area contributed by atoms with Gasteiger partial charge in [0.15, 0.2) is 0 Å². The van der Waals surface area contributed by atoms with Gasteiger partial charge in [-0.1, -0.05) is 43.4 Å². The van der Waals surface area contributed by atoms with E-state index in [2.05, 4.69) is 20.8 Å². The molecule has 0 aliphatic carbocycles. The monoisotopic (exact) mass is 265 g/mol. The van der Waals surface area contributed by atoms with Gasteiger partial charge in [-0.2, -0.15) is 0 Å². The second kappa shape index (κ2) is 10.8. The lowest BCUT2D eigenvalue weighted by atomic mass is 10.0. The Morgan fingerprint density at radius 1 is 0.947 bits per heavy atom. The number of rotatable bonds is 9. The molecule has 0 aliphatic rings. The van der Waals surface area contributed by atoms with Crippen molar-refractivity contribution in [2.24, 2.45) is 0 Å². The zero-order valence-electron chi connectivity index (χ0n) is 13.5. The van der Waals surface area contributed by atoms with Crippen molar-refractivity contribution in [3.05, 3.63) is 23.3 Å². The van der Waals surface area contributed by atoms with Crippen molar-refractivity contribution in [1.29, 1.82) is 0 Å². The molecule has 19 heavy (non-hydrogen) atoms. The summed E-state index contributed by atoms with van der Waals surface area (Å²) < 4.78 is 0. The molecule has 0 aromatic carbocycles. The Kier molecular flexibility index (Phi) is 10.2. The van der Waals surface area contributed by atoms with Gasteiger partial charge >= 0.3 is 0 Å². The first-order valence-corrected chi connectivity index (χ1v) is 7.70. The molecular weight excluding hydrogens is 234 g/mol. The van der Waals surface area contributed by atoms with Crippen molar-refractivity contribution < 1.29 is 4.79 Å². The number of hydrogen-bond acceptors (Lipinski definition) is 1. The number of carbonyl (C=O) groups excluding carboxylic acids is 1. The van der Waals surface area contributed by atoms with E-state index in [9.17, 15) is 4.79 Å². The standard InChI is InChI=1S/C17H31NO/c1-6-9-10-11-12-15(4)16(5)13-14-17(19)18(7-2)8-3/h13-14H,6-12H2,1-5H3/b14-13+,16-15-. The summed E-state index contributed by atoms with van der Waals surface area (Å²) >= 11 is 0. The van der Waals surface area contributed by atoms with E-state index in [1.165, 1.54) is 36.8 Å². The van der Waals surface area contributed by atoms with Crippen molar-refractivity contribution in [3.8, 4) is 0 Å². The number of nitrogens with zero attached hydrogens (tertiary/aromatic N) is 1. The fraction of sp³-hybridized carbons (Fsp3) is 0.706. The quantitative estimate of drug-likeness (QED) is 0.335. The molecule has 0 aromatic rings. The molecular formula is C17H31NO. The second-order valence-electron chi connectivity index (χ2n) is 5.12. The van der Waals surface area contributed by atoms with Crippen LogP contribution < -0.4 is 0 Å². The predicted octanol–water partition coefficient (Wildman–Crippen LogP) is 4.72. The molecule has 0 heterocycles. The van der Waals surface area contributed by atoms with Gasteiger partial charge in [0, 0.05) is 19.2 Å². The lowest BCUT2D eigenvalue weighted by molar-refractivity contribution is -0.125. The van der Waals surface area contributed by atoms with Crippen molar-refractivity contribution in [2.45, 2.75) is 66.7 Å². The molecule has 2 nitrogen and oxygen atoms in total. The van der Waals surface area contributed by atoms with Crippen LogP contribution in [0.2, 0.25) is 0 Å². The van der Waals surface area contributed by atoms with Crippen LogP contribution in [0.15, 0.2) is 23.3 Å². The highest BCUT2D eigenvalue weighted by Crippen LogP contribution is 2.14. The van der Waals surface area contributed by atoms with E-state index in [1.807, 2.05) is 24.8 Å². The Labute approximate surface area is 119 Å². The largest absolute Gasteiger partial charge is 0.340 e. The van der Waals surface area contributed by atoms with Gasteiger partial charge in [0.05, 0.1) is 0 Å². The highest BCUT2D eigenvalue weighted by Gasteiger charge is 2.04. The van der Waals surface area contributed by atoms with Crippen molar-refractivity contribution >= 4 is 5.91 Å². The lowest BCUT2D eigenvalue weighted by Gasteiger charge is -2.16. The van der Waals surface area contributed by atoms with Crippen LogP contribution in [0.3, 0.4) is 0 Å². The Hall–Kier alpha value is -1.05. The zero-order chi connectivity index (χ0) is 14.7. The molecule has 110 valence electrons. The molecule has 2 heteroatoms. The zero-order valence-corrected chi connectivity index (χ0v) is 13.5. The molecule has 1 amide bonds. The smallest absolute Gasteiger partial charge is 0.246 e. The first-order valence-electron chi connectivity index (χ1n) is 7.70. The molecule has 0 fully saturated rings. The highest BCUT2D eigenvalue weighted by atomic mass is 16.2. The van der Waals surface area contributed by atoms with Crippen molar-refractivity contribution in [1.82, 2.24) is 4.90 Å². The summed E-state index contributed by atoms with van der Waals surface area (Å²) in [6.45, 7) is 12.1. The number of carbonyl (C=O) groups is 1. The van der Waals surface area contributed by atoms with E-state index in [1.54, 1.807) is 6.08 Å². The van der Waals surface area contributed by atoms with Gasteiger partial charge in [-0.15, -0.1) is 0 Å². The van der Waals surface area contributed by atoms with Crippen LogP contribution in [0.5, 0.6) is 0 Å². The van der Waals surface area contributed by atoms with E-state index < -0.39 is 0 Å². The number of likely N-dealkylation sites (N-methyl/N-ethyl adjacent to an activating group) is 1. The molecule has 0 rings (SSSR count). The number of hydrogen-bond donors (Lipinski definition) is 0. The summed E-state index contributed by atoms with van der Waals surface area (Å²) in [7, 11) is 0. The van der Waals surface area contributed by atoms with Crippen LogP contribution in [0.1, 0.15) is 66.7 Å². The van der Waals surface area contributed by atoms with Gasteiger partial charge in [0.1, 0.15) is 0 Å². The van der Waals surface area contributed by atoms with Gasteiger partial charge in [-0.25, -0.2) is 0 Å². The number of unbranched alkanes of at least 4 members (excludes halogenated alkanes) is 3. The Bertz CT molecular complexity index is 311. The van der Waals surface area contributed by atoms with Crippen molar-refractivity contribution in [3.63, 3.8) is 0 Å². The molecule has 0 N–H and O–H groups in total. The minimum absolute atomic E-state index is 0.114. The van der Waals surface area contributed by atoms with Crippen LogP contribution in [0.4, 0.5) is 0 Å². The Morgan fingerprint density at radius 3 is 2.11 bits per heavy atom. The predicted molar refractivity (Wildman–Crippen MR) is 84.2 cm³/mol. The first-order chi connectivity index (χ1) is 9.06. The Morgan fingerprint density at radius 2 is 1.58 bits per heavy atom. The molecule has 0 saturated heterocycles. The number of amides is 1. The van der Waals surface area contributed by atoms with E-state index in [0.29, 0.717) is 0 Å². The minimum Gasteiger partial charge on any atom is -0.340 e. The topological polar surface area (TPSA) is 20.3 Å². The lowest BCUT2D eigenvalue weighted by Crippen LogP contribution is -2.28. The van der Waals surface area contributed by atoms with Crippen LogP contribution in [0.25, 0.3) is 0 Å². The summed E-state index contributed by atoms with van der Waals surface area (Å²) in [6.07, 6.45) is 9.99. The van der Waals surface area contributed by atoms with Gasteiger partial charge in [-0.05, 0) is 40.5 Å². The average Bonchev–Trinajstić information content (AvgIpc) is 2.42. The maximum absolute atomic E-state index is 11.8. The van der Waals surface area contributed by atoms with E-state index in [-0.39, 0.29) is 5.91 Å². The van der Waals surface area contributed by atoms with Gasteiger partial charge in [0.2, 0.25) is 5.91 Å². The SMILES string of the molecule is CCCCCC/C(C)=C(C)\C=C\C(=O)N(CC)CC. The maximum atomic E-state index is 11.8. The number of allylic oxidation sites excluding steroid dienone is 3. The molecule has 0 aliphatic heterocycles. The molecule has 0 unspecified atom stereocenters. The van der Waals surface area contributed by atoms with Crippen LogP contribution >= 0.6 is 0 Å². The van der Waals surface area contributed by atoms with Crippen LogP contribution in [-0.4, -0.2) is 23.9 Å². The molecule has 0 radical (unpaired) electrons. The molecule has 0 aromatic heterocycles. The highest BCUT2D eigenvalue weighted by molar-refractivity contribution is 5.88. The van der Waals surface area contributed by atoms with Crippen molar-refractivity contribution in [2.75, 3.05) is 13.1 Å². The average molecular weight is 265 g/mol. The third-order valence-electron chi connectivity index (χ3n) is 3.63.